The Morgan fingerprint density at radius 3 is 2.44 bits per heavy atom. The molecule has 82 valence electrons. The van der Waals surface area contributed by atoms with Gasteiger partial charge in [-0.05, 0) is 37.5 Å². The van der Waals surface area contributed by atoms with Crippen molar-refractivity contribution in [2.45, 2.75) is 20.8 Å². The Kier molecular flexibility index (Phi) is 2.65. The van der Waals surface area contributed by atoms with E-state index in [0.29, 0.717) is 0 Å². The van der Waals surface area contributed by atoms with Gasteiger partial charge in [0.2, 0.25) is 0 Å². The molecule has 0 aliphatic heterocycles. The minimum atomic E-state index is 0.748. The summed E-state index contributed by atoms with van der Waals surface area (Å²) in [5.74, 6) is 0. The smallest absolute Gasteiger partial charge is 0.0536 e. The van der Waals surface area contributed by atoms with Crippen LogP contribution < -0.4 is 5.73 Å². The Labute approximate surface area is 96.1 Å². The molecule has 2 N–H and O–H groups in total. The molecule has 0 saturated heterocycles. The van der Waals surface area contributed by atoms with Crippen LogP contribution in [0.5, 0.6) is 0 Å². The molecule has 1 aromatic carbocycles. The molecule has 0 fully saturated rings. The van der Waals surface area contributed by atoms with Crippen molar-refractivity contribution in [2.75, 3.05) is 5.73 Å². The molecule has 0 amide bonds. The normalized spacial score (nSPS) is 10.4. The number of rotatable bonds is 1. The van der Waals surface area contributed by atoms with Gasteiger partial charge in [-0.1, -0.05) is 23.8 Å². The van der Waals surface area contributed by atoms with Crippen LogP contribution in [0, 0.1) is 20.8 Å². The highest BCUT2D eigenvalue weighted by atomic mass is 14.7. The second kappa shape index (κ2) is 3.97. The van der Waals surface area contributed by atoms with Crippen LogP contribution in [0.1, 0.15) is 16.7 Å². The highest BCUT2D eigenvalue weighted by Crippen LogP contribution is 2.28. The lowest BCUT2D eigenvalue weighted by atomic mass is 9.96. The van der Waals surface area contributed by atoms with Crippen LogP contribution in [0.3, 0.4) is 0 Å². The van der Waals surface area contributed by atoms with E-state index in [1.54, 1.807) is 6.20 Å². The van der Waals surface area contributed by atoms with Crippen LogP contribution >= 0.6 is 0 Å². The largest absolute Gasteiger partial charge is 0.397 e. The maximum Gasteiger partial charge on any atom is 0.0536 e. The monoisotopic (exact) mass is 212 g/mol. The highest BCUT2D eigenvalue weighted by Gasteiger charge is 2.07. The summed E-state index contributed by atoms with van der Waals surface area (Å²) in [6.45, 7) is 6.25. The lowest BCUT2D eigenvalue weighted by Gasteiger charge is -2.11. The van der Waals surface area contributed by atoms with E-state index in [0.717, 1.165) is 16.8 Å². The zero-order chi connectivity index (χ0) is 11.7. The third-order valence-electron chi connectivity index (χ3n) is 2.93. The second-order valence-electron chi connectivity index (χ2n) is 4.22. The van der Waals surface area contributed by atoms with Crippen molar-refractivity contribution in [3.63, 3.8) is 0 Å². The fourth-order valence-corrected chi connectivity index (χ4v) is 1.93. The molecule has 0 bridgehead atoms. The SMILES string of the molecule is Cc1ccc(-c2cncc(N)c2C)c(C)c1. The van der Waals surface area contributed by atoms with Gasteiger partial charge in [0.1, 0.15) is 0 Å². The van der Waals surface area contributed by atoms with Gasteiger partial charge in [-0.15, -0.1) is 0 Å². The lowest BCUT2D eigenvalue weighted by molar-refractivity contribution is 1.28. The Morgan fingerprint density at radius 2 is 1.75 bits per heavy atom. The Hall–Kier alpha value is -1.83. The number of anilines is 1. The molecule has 0 spiro atoms. The van der Waals surface area contributed by atoms with E-state index in [1.165, 1.54) is 16.7 Å². The number of nitrogen functional groups attached to an aromatic ring is 1. The van der Waals surface area contributed by atoms with Crippen molar-refractivity contribution in [1.29, 1.82) is 0 Å². The van der Waals surface area contributed by atoms with Gasteiger partial charge in [-0.2, -0.15) is 0 Å². The first-order valence-electron chi connectivity index (χ1n) is 5.37. The summed E-state index contributed by atoms with van der Waals surface area (Å²) in [6.07, 6.45) is 3.58. The number of benzene rings is 1. The Morgan fingerprint density at radius 1 is 1.00 bits per heavy atom. The summed E-state index contributed by atoms with van der Waals surface area (Å²) in [4.78, 5) is 4.16. The van der Waals surface area contributed by atoms with E-state index in [-0.39, 0.29) is 0 Å². The number of aromatic nitrogens is 1. The average molecular weight is 212 g/mol. The summed E-state index contributed by atoms with van der Waals surface area (Å²) < 4.78 is 0. The molecular formula is C14H16N2. The Balaban J connectivity index is 2.63. The number of nitrogens with two attached hydrogens (primary N) is 1. The van der Waals surface area contributed by atoms with E-state index in [2.05, 4.69) is 37.0 Å². The molecule has 16 heavy (non-hydrogen) atoms. The predicted molar refractivity (Wildman–Crippen MR) is 68.3 cm³/mol. The van der Waals surface area contributed by atoms with Crippen molar-refractivity contribution in [3.05, 3.63) is 47.3 Å². The molecule has 2 heteroatoms. The molecule has 2 nitrogen and oxygen atoms in total. The van der Waals surface area contributed by atoms with Crippen LogP contribution in [-0.2, 0) is 0 Å². The summed E-state index contributed by atoms with van der Waals surface area (Å²) in [5, 5.41) is 0. The third kappa shape index (κ3) is 1.78. The summed E-state index contributed by atoms with van der Waals surface area (Å²) >= 11 is 0. The molecule has 0 saturated carbocycles. The van der Waals surface area contributed by atoms with Gasteiger partial charge >= 0.3 is 0 Å². The second-order valence-corrected chi connectivity index (χ2v) is 4.22. The molecule has 0 aliphatic rings. The summed E-state index contributed by atoms with van der Waals surface area (Å²) in [5.41, 5.74) is 12.6. The molecule has 1 heterocycles. The molecule has 2 rings (SSSR count). The van der Waals surface area contributed by atoms with Crippen molar-refractivity contribution in [2.24, 2.45) is 0 Å². The summed E-state index contributed by atoms with van der Waals surface area (Å²) in [6, 6.07) is 6.43. The van der Waals surface area contributed by atoms with Crippen LogP contribution in [0.15, 0.2) is 30.6 Å². The van der Waals surface area contributed by atoms with Gasteiger partial charge in [-0.25, -0.2) is 0 Å². The number of nitrogens with zero attached hydrogens (tertiary/aromatic N) is 1. The van der Waals surface area contributed by atoms with E-state index < -0.39 is 0 Å². The van der Waals surface area contributed by atoms with Crippen molar-refractivity contribution in [1.82, 2.24) is 4.98 Å². The summed E-state index contributed by atoms with van der Waals surface area (Å²) in [7, 11) is 0. The maximum atomic E-state index is 5.88. The lowest BCUT2D eigenvalue weighted by Crippen LogP contribution is -1.95. The van der Waals surface area contributed by atoms with Crippen molar-refractivity contribution >= 4 is 5.69 Å². The number of hydrogen-bond donors (Lipinski definition) is 1. The van der Waals surface area contributed by atoms with E-state index in [9.17, 15) is 0 Å². The van der Waals surface area contributed by atoms with Crippen LogP contribution in [0.25, 0.3) is 11.1 Å². The van der Waals surface area contributed by atoms with Crippen molar-refractivity contribution in [3.8, 4) is 11.1 Å². The first kappa shape index (κ1) is 10.7. The van der Waals surface area contributed by atoms with E-state index in [1.807, 2.05) is 13.1 Å². The van der Waals surface area contributed by atoms with Crippen molar-refractivity contribution < 1.29 is 0 Å². The highest BCUT2D eigenvalue weighted by molar-refractivity contribution is 5.73. The van der Waals surface area contributed by atoms with E-state index >= 15 is 0 Å². The van der Waals surface area contributed by atoms with E-state index in [4.69, 9.17) is 5.73 Å². The fraction of sp³-hybridized carbons (Fsp3) is 0.214. The van der Waals surface area contributed by atoms with Crippen LogP contribution in [0.4, 0.5) is 5.69 Å². The maximum absolute atomic E-state index is 5.88. The number of pyridine rings is 1. The predicted octanol–water partition coefficient (Wildman–Crippen LogP) is 3.26. The van der Waals surface area contributed by atoms with Gasteiger partial charge in [0.25, 0.3) is 0 Å². The molecule has 2 aromatic rings. The topological polar surface area (TPSA) is 38.9 Å². The van der Waals surface area contributed by atoms with Crippen LogP contribution in [0.2, 0.25) is 0 Å². The van der Waals surface area contributed by atoms with Gasteiger partial charge in [-0.3, -0.25) is 4.98 Å². The molecular weight excluding hydrogens is 196 g/mol. The third-order valence-corrected chi connectivity index (χ3v) is 2.93. The fourth-order valence-electron chi connectivity index (χ4n) is 1.93. The molecule has 0 unspecified atom stereocenters. The minimum absolute atomic E-state index is 0.748. The molecule has 1 aromatic heterocycles. The molecule has 0 radical (unpaired) electrons. The number of hydrogen-bond acceptors (Lipinski definition) is 2. The van der Waals surface area contributed by atoms with Gasteiger partial charge in [0, 0.05) is 11.8 Å². The Bertz CT molecular complexity index is 530. The van der Waals surface area contributed by atoms with Gasteiger partial charge in [0.05, 0.1) is 11.9 Å². The minimum Gasteiger partial charge on any atom is -0.397 e. The molecule has 0 atom stereocenters. The first-order chi connectivity index (χ1) is 7.59. The van der Waals surface area contributed by atoms with Gasteiger partial charge < -0.3 is 5.73 Å². The quantitative estimate of drug-likeness (QED) is 0.788. The van der Waals surface area contributed by atoms with Crippen LogP contribution in [-0.4, -0.2) is 4.98 Å². The zero-order valence-corrected chi connectivity index (χ0v) is 9.91. The molecule has 0 aliphatic carbocycles. The van der Waals surface area contributed by atoms with Gasteiger partial charge in [0.15, 0.2) is 0 Å². The average Bonchev–Trinajstić information content (AvgIpc) is 2.23. The standard InChI is InChI=1S/C14H16N2/c1-9-4-5-12(10(2)6-9)13-7-16-8-14(15)11(13)3/h4-8H,15H2,1-3H3. The zero-order valence-electron chi connectivity index (χ0n) is 9.91. The first-order valence-corrected chi connectivity index (χ1v) is 5.37. The number of aryl methyl sites for hydroxylation is 2.